The van der Waals surface area contributed by atoms with Gasteiger partial charge in [0.05, 0.1) is 5.60 Å². The van der Waals surface area contributed by atoms with E-state index in [2.05, 4.69) is 6.07 Å². The average molecular weight is 360 g/mol. The smallest absolute Gasteiger partial charge is 0.123 e. The van der Waals surface area contributed by atoms with Crippen molar-refractivity contribution in [3.63, 3.8) is 0 Å². The van der Waals surface area contributed by atoms with E-state index in [0.717, 1.165) is 16.7 Å². The van der Waals surface area contributed by atoms with Gasteiger partial charge < -0.3 is 9.84 Å². The van der Waals surface area contributed by atoms with Crippen LogP contribution in [0.15, 0.2) is 42.5 Å². The summed E-state index contributed by atoms with van der Waals surface area (Å²) in [7, 11) is 0. The van der Waals surface area contributed by atoms with Gasteiger partial charge in [-0.3, -0.25) is 0 Å². The third kappa shape index (κ3) is 3.12. The van der Waals surface area contributed by atoms with Crippen LogP contribution < -0.4 is 0 Å². The van der Waals surface area contributed by atoms with Crippen molar-refractivity contribution in [1.82, 2.24) is 0 Å². The topological polar surface area (TPSA) is 29.5 Å². The Bertz CT molecular complexity index is 600. The maximum absolute atomic E-state index is 13.2. The summed E-state index contributed by atoms with van der Waals surface area (Å²) in [6.45, 7) is 0.635. The molecular weight excluding hydrogens is 344 g/mol. The van der Waals surface area contributed by atoms with Gasteiger partial charge in [-0.1, -0.05) is 12.1 Å². The van der Waals surface area contributed by atoms with Crippen molar-refractivity contribution in [2.75, 3.05) is 6.61 Å². The van der Waals surface area contributed by atoms with Crippen molar-refractivity contribution >= 4 is 0 Å². The van der Waals surface area contributed by atoms with Gasteiger partial charge in [0, 0.05) is 45.9 Å². The molecular formula is C17H16FO2Y-. The maximum Gasteiger partial charge on any atom is 0.123 e. The van der Waals surface area contributed by atoms with Crippen LogP contribution in [0.2, 0.25) is 0 Å². The minimum absolute atomic E-state index is 0. The average Bonchev–Trinajstić information content (AvgIpc) is 2.86. The SMILES string of the molecule is OCCCC1(c2ccc(F)cc2)OCc2c[c-]ccc21.[Y]. The first-order valence-corrected chi connectivity index (χ1v) is 6.76. The van der Waals surface area contributed by atoms with E-state index in [1.165, 1.54) is 12.1 Å². The van der Waals surface area contributed by atoms with Crippen molar-refractivity contribution in [2.45, 2.75) is 25.0 Å². The number of ether oxygens (including phenoxy) is 1. The van der Waals surface area contributed by atoms with Crippen molar-refractivity contribution in [2.24, 2.45) is 0 Å². The number of halogens is 1. The standard InChI is InChI=1S/C17H16FO2.Y/c18-15-8-6-14(7-9-15)17(10-3-11-19)16-5-2-1-4-13(16)12-20-17;/h2,4-9,19H,3,10-12H2;/q-1;. The van der Waals surface area contributed by atoms with E-state index in [1.807, 2.05) is 18.2 Å². The summed E-state index contributed by atoms with van der Waals surface area (Å²) >= 11 is 0. The van der Waals surface area contributed by atoms with Crippen LogP contribution in [0.3, 0.4) is 0 Å². The normalized spacial score (nSPS) is 19.9. The van der Waals surface area contributed by atoms with Gasteiger partial charge in [0.15, 0.2) is 0 Å². The second kappa shape index (κ2) is 7.10. The molecule has 0 saturated carbocycles. The van der Waals surface area contributed by atoms with E-state index >= 15 is 0 Å². The van der Waals surface area contributed by atoms with E-state index in [4.69, 9.17) is 9.84 Å². The number of hydrogen-bond donors (Lipinski definition) is 1. The summed E-state index contributed by atoms with van der Waals surface area (Å²) < 4.78 is 19.2. The van der Waals surface area contributed by atoms with Crippen molar-refractivity contribution in [3.8, 4) is 0 Å². The molecule has 1 heterocycles. The minimum atomic E-state index is -0.582. The van der Waals surface area contributed by atoms with Gasteiger partial charge in [0.25, 0.3) is 0 Å². The summed E-state index contributed by atoms with van der Waals surface area (Å²) in [6.07, 6.45) is 1.31. The number of benzene rings is 2. The minimum Gasteiger partial charge on any atom is -0.396 e. The molecule has 0 aliphatic carbocycles. The number of hydrogen-bond acceptors (Lipinski definition) is 2. The molecule has 0 fully saturated rings. The second-order valence-corrected chi connectivity index (χ2v) is 5.03. The van der Waals surface area contributed by atoms with Gasteiger partial charge >= 0.3 is 0 Å². The largest absolute Gasteiger partial charge is 0.396 e. The van der Waals surface area contributed by atoms with E-state index in [0.29, 0.717) is 19.4 Å². The number of fused-ring (bicyclic) bond motifs is 1. The predicted octanol–water partition coefficient (Wildman–Crippen LogP) is 3.17. The third-order valence-corrected chi connectivity index (χ3v) is 3.86. The molecule has 2 nitrogen and oxygen atoms in total. The summed E-state index contributed by atoms with van der Waals surface area (Å²) in [5.41, 5.74) is 2.55. The molecule has 1 aliphatic heterocycles. The molecule has 0 aromatic heterocycles. The summed E-state index contributed by atoms with van der Waals surface area (Å²) in [5, 5.41) is 9.16. The number of aliphatic hydroxyl groups is 1. The molecule has 1 N–H and O–H groups in total. The van der Waals surface area contributed by atoms with Crippen LogP contribution in [0.1, 0.15) is 29.5 Å². The Labute approximate surface area is 149 Å². The molecule has 21 heavy (non-hydrogen) atoms. The molecule has 0 bridgehead atoms. The number of aliphatic hydroxyl groups excluding tert-OH is 1. The van der Waals surface area contributed by atoms with Crippen LogP contribution in [-0.2, 0) is 49.7 Å². The first-order chi connectivity index (χ1) is 9.76. The van der Waals surface area contributed by atoms with Crippen LogP contribution in [0.25, 0.3) is 0 Å². The van der Waals surface area contributed by atoms with Crippen LogP contribution in [-0.4, -0.2) is 11.7 Å². The molecule has 1 unspecified atom stereocenters. The molecule has 107 valence electrons. The molecule has 2 aromatic carbocycles. The summed E-state index contributed by atoms with van der Waals surface area (Å²) in [6, 6.07) is 15.3. The van der Waals surface area contributed by atoms with Gasteiger partial charge in [-0.15, -0.1) is 11.1 Å². The van der Waals surface area contributed by atoms with Gasteiger partial charge in [-0.05, 0) is 30.5 Å². The van der Waals surface area contributed by atoms with Crippen molar-refractivity contribution in [1.29, 1.82) is 0 Å². The fraction of sp³-hybridized carbons (Fsp3) is 0.294. The van der Waals surface area contributed by atoms with Crippen LogP contribution in [0.5, 0.6) is 0 Å². The van der Waals surface area contributed by atoms with Gasteiger partial charge in [-0.2, -0.15) is 24.3 Å². The Hall–Kier alpha value is -0.606. The first-order valence-electron chi connectivity index (χ1n) is 6.76. The van der Waals surface area contributed by atoms with E-state index in [-0.39, 0.29) is 45.1 Å². The molecule has 2 aromatic rings. The Morgan fingerprint density at radius 2 is 2.00 bits per heavy atom. The quantitative estimate of drug-likeness (QED) is 0.849. The van der Waals surface area contributed by atoms with Gasteiger partial charge in [0.2, 0.25) is 0 Å². The number of rotatable bonds is 4. The van der Waals surface area contributed by atoms with Crippen LogP contribution in [0.4, 0.5) is 4.39 Å². The summed E-state index contributed by atoms with van der Waals surface area (Å²) in [4.78, 5) is 0. The van der Waals surface area contributed by atoms with E-state index < -0.39 is 5.60 Å². The molecule has 1 atom stereocenters. The zero-order valence-electron chi connectivity index (χ0n) is 11.7. The van der Waals surface area contributed by atoms with E-state index in [9.17, 15) is 4.39 Å². The zero-order chi connectivity index (χ0) is 14.0. The van der Waals surface area contributed by atoms with Gasteiger partial charge in [-0.25, -0.2) is 4.39 Å². The molecule has 0 amide bonds. The fourth-order valence-electron chi connectivity index (χ4n) is 2.89. The predicted molar refractivity (Wildman–Crippen MR) is 73.6 cm³/mol. The monoisotopic (exact) mass is 360 g/mol. The Balaban J connectivity index is 0.00000161. The molecule has 0 spiro atoms. The third-order valence-electron chi connectivity index (χ3n) is 3.86. The van der Waals surface area contributed by atoms with Crippen molar-refractivity contribution < 1.29 is 46.9 Å². The molecule has 3 rings (SSSR count). The molecule has 1 aliphatic rings. The summed E-state index contributed by atoms with van der Waals surface area (Å²) in [5.74, 6) is -0.259. The molecule has 4 heteroatoms. The second-order valence-electron chi connectivity index (χ2n) is 5.03. The Morgan fingerprint density at radius 3 is 2.71 bits per heavy atom. The Kier molecular flexibility index (Phi) is 5.67. The fourth-order valence-corrected chi connectivity index (χ4v) is 2.89. The Morgan fingerprint density at radius 1 is 1.24 bits per heavy atom. The van der Waals surface area contributed by atoms with Crippen LogP contribution >= 0.6 is 0 Å². The van der Waals surface area contributed by atoms with Crippen LogP contribution in [0, 0.1) is 11.9 Å². The molecule has 1 radical (unpaired) electrons. The molecule has 0 saturated heterocycles. The zero-order valence-corrected chi connectivity index (χ0v) is 14.5. The maximum atomic E-state index is 13.2. The van der Waals surface area contributed by atoms with E-state index in [1.54, 1.807) is 12.1 Å². The van der Waals surface area contributed by atoms with Gasteiger partial charge in [0.1, 0.15) is 5.82 Å². The van der Waals surface area contributed by atoms with Crippen molar-refractivity contribution in [3.05, 3.63) is 71.0 Å². The first kappa shape index (κ1) is 16.8.